The van der Waals surface area contributed by atoms with E-state index in [1.54, 1.807) is 0 Å². The first kappa shape index (κ1) is 12.6. The van der Waals surface area contributed by atoms with Gasteiger partial charge in [0.15, 0.2) is 0 Å². The lowest BCUT2D eigenvalue weighted by atomic mass is 10.3. The number of nitrogens with zero attached hydrogens (tertiary/aromatic N) is 5. The molecule has 0 unspecified atom stereocenters. The van der Waals surface area contributed by atoms with Gasteiger partial charge in [0.25, 0.3) is 5.56 Å². The maximum absolute atomic E-state index is 11.8. The Labute approximate surface area is 115 Å². The Morgan fingerprint density at radius 1 is 1.32 bits per heavy atom. The van der Waals surface area contributed by atoms with Crippen molar-refractivity contribution in [3.63, 3.8) is 0 Å². The maximum Gasteiger partial charge on any atom is 0.275 e. The molecule has 102 valence electrons. The molecule has 0 N–H and O–H groups in total. The summed E-state index contributed by atoms with van der Waals surface area (Å²) in [5.74, 6) is 0. The Kier molecular flexibility index (Phi) is 3.24. The number of rotatable bonds is 2. The number of hydrogen-bond donors (Lipinski definition) is 0. The molecule has 3 heterocycles. The predicted octanol–water partition coefficient (Wildman–Crippen LogP) is 0.601. The number of aryl methyl sites for hydroxylation is 1. The number of piperazine rings is 1. The number of anilines is 1. The van der Waals surface area contributed by atoms with Gasteiger partial charge in [-0.1, -0.05) is 18.3 Å². The van der Waals surface area contributed by atoms with Crippen molar-refractivity contribution in [2.75, 3.05) is 37.6 Å². The lowest BCUT2D eigenvalue weighted by molar-refractivity contribution is 0.271. The minimum atomic E-state index is -0.0998. The Bertz CT molecular complexity index is 641. The summed E-state index contributed by atoms with van der Waals surface area (Å²) in [6.45, 7) is 9.12. The van der Waals surface area contributed by atoms with Crippen LogP contribution in [0.15, 0.2) is 10.9 Å². The van der Waals surface area contributed by atoms with E-state index in [-0.39, 0.29) is 5.56 Å². The normalized spacial score (nSPS) is 17.3. The van der Waals surface area contributed by atoms with E-state index in [1.807, 2.05) is 6.92 Å². The molecule has 7 heteroatoms. The van der Waals surface area contributed by atoms with E-state index in [2.05, 4.69) is 26.8 Å². The van der Waals surface area contributed by atoms with E-state index < -0.39 is 0 Å². The Morgan fingerprint density at radius 3 is 2.74 bits per heavy atom. The molecule has 6 nitrogen and oxygen atoms in total. The molecule has 0 saturated carbocycles. The van der Waals surface area contributed by atoms with Gasteiger partial charge in [-0.05, 0) is 13.5 Å². The van der Waals surface area contributed by atoms with Crippen molar-refractivity contribution < 1.29 is 0 Å². The summed E-state index contributed by atoms with van der Waals surface area (Å²) in [6.07, 6.45) is 0. The Morgan fingerprint density at radius 2 is 2.05 bits per heavy atom. The summed E-state index contributed by atoms with van der Waals surface area (Å²) in [4.78, 5) is 21.5. The largest absolute Gasteiger partial charge is 0.344 e. The molecule has 2 aromatic heterocycles. The molecular formula is C12H17N5OS. The SMILES string of the molecule is CCN1CCN(c2nn3c(=O)cc(C)nc3s2)CC1. The molecule has 0 aromatic carbocycles. The minimum absolute atomic E-state index is 0.0998. The van der Waals surface area contributed by atoms with Gasteiger partial charge in [-0.2, -0.15) is 4.52 Å². The zero-order valence-corrected chi connectivity index (χ0v) is 12.0. The van der Waals surface area contributed by atoms with Crippen LogP contribution >= 0.6 is 11.3 Å². The zero-order chi connectivity index (χ0) is 13.4. The highest BCUT2D eigenvalue weighted by atomic mass is 32.1. The smallest absolute Gasteiger partial charge is 0.275 e. The fourth-order valence-electron chi connectivity index (χ4n) is 2.29. The molecule has 1 saturated heterocycles. The highest BCUT2D eigenvalue weighted by Crippen LogP contribution is 2.22. The summed E-state index contributed by atoms with van der Waals surface area (Å²) in [5.41, 5.74) is 0.646. The highest BCUT2D eigenvalue weighted by molar-refractivity contribution is 7.20. The average molecular weight is 279 g/mol. The molecule has 0 radical (unpaired) electrons. The third-order valence-corrected chi connectivity index (χ3v) is 4.42. The third kappa shape index (κ3) is 2.35. The van der Waals surface area contributed by atoms with Crippen LogP contribution < -0.4 is 10.5 Å². The van der Waals surface area contributed by atoms with Gasteiger partial charge in [0.1, 0.15) is 0 Å². The average Bonchev–Trinajstić information content (AvgIpc) is 2.83. The van der Waals surface area contributed by atoms with Gasteiger partial charge < -0.3 is 9.80 Å². The van der Waals surface area contributed by atoms with Crippen LogP contribution in [0.1, 0.15) is 12.6 Å². The number of aromatic nitrogens is 3. The van der Waals surface area contributed by atoms with E-state index in [0.717, 1.165) is 43.5 Å². The monoisotopic (exact) mass is 279 g/mol. The van der Waals surface area contributed by atoms with Crippen LogP contribution in [-0.2, 0) is 0 Å². The van der Waals surface area contributed by atoms with Crippen LogP contribution in [0.4, 0.5) is 5.13 Å². The third-order valence-electron chi connectivity index (χ3n) is 3.45. The molecule has 1 aliphatic heterocycles. The van der Waals surface area contributed by atoms with Gasteiger partial charge in [0.2, 0.25) is 10.1 Å². The van der Waals surface area contributed by atoms with E-state index in [4.69, 9.17) is 0 Å². The molecule has 0 spiro atoms. The van der Waals surface area contributed by atoms with Crippen molar-refractivity contribution >= 4 is 21.4 Å². The van der Waals surface area contributed by atoms with Gasteiger partial charge in [-0.25, -0.2) is 4.98 Å². The molecule has 0 aliphatic carbocycles. The van der Waals surface area contributed by atoms with E-state index in [9.17, 15) is 4.79 Å². The topological polar surface area (TPSA) is 53.7 Å². The molecule has 0 amide bonds. The van der Waals surface area contributed by atoms with Crippen LogP contribution in [0.5, 0.6) is 0 Å². The number of likely N-dealkylation sites (N-methyl/N-ethyl adjacent to an activating group) is 1. The second-order valence-electron chi connectivity index (χ2n) is 4.74. The van der Waals surface area contributed by atoms with Crippen LogP contribution in [0, 0.1) is 6.92 Å². The van der Waals surface area contributed by atoms with Gasteiger partial charge >= 0.3 is 0 Å². The highest BCUT2D eigenvalue weighted by Gasteiger charge is 2.19. The molecular weight excluding hydrogens is 262 g/mol. The van der Waals surface area contributed by atoms with Crippen LogP contribution in [-0.4, -0.2) is 52.2 Å². The summed E-state index contributed by atoms with van der Waals surface area (Å²) < 4.78 is 1.40. The summed E-state index contributed by atoms with van der Waals surface area (Å²) in [6, 6.07) is 1.52. The van der Waals surface area contributed by atoms with Crippen molar-refractivity contribution in [2.45, 2.75) is 13.8 Å². The Balaban J connectivity index is 1.90. The van der Waals surface area contributed by atoms with E-state index in [0.29, 0.717) is 4.96 Å². The lowest BCUT2D eigenvalue weighted by Gasteiger charge is -2.33. The lowest BCUT2D eigenvalue weighted by Crippen LogP contribution is -2.46. The molecule has 19 heavy (non-hydrogen) atoms. The minimum Gasteiger partial charge on any atom is -0.344 e. The summed E-state index contributed by atoms with van der Waals surface area (Å²) in [5, 5.41) is 5.29. The molecule has 2 aromatic rings. The molecule has 3 rings (SSSR count). The first-order chi connectivity index (χ1) is 9.17. The van der Waals surface area contributed by atoms with E-state index >= 15 is 0 Å². The van der Waals surface area contributed by atoms with Crippen molar-refractivity contribution in [1.82, 2.24) is 19.5 Å². The second kappa shape index (κ2) is 4.90. The number of hydrogen-bond acceptors (Lipinski definition) is 6. The van der Waals surface area contributed by atoms with Crippen molar-refractivity contribution in [3.05, 3.63) is 22.1 Å². The molecule has 1 fully saturated rings. The first-order valence-electron chi connectivity index (χ1n) is 6.52. The fraction of sp³-hybridized carbons (Fsp3) is 0.583. The summed E-state index contributed by atoms with van der Waals surface area (Å²) >= 11 is 1.49. The molecule has 0 atom stereocenters. The van der Waals surface area contributed by atoms with Crippen molar-refractivity contribution in [3.8, 4) is 0 Å². The quantitative estimate of drug-likeness (QED) is 0.806. The van der Waals surface area contributed by atoms with Gasteiger partial charge in [0.05, 0.1) is 0 Å². The standard InChI is InChI=1S/C12H17N5OS/c1-3-15-4-6-16(7-5-15)12-14-17-10(18)8-9(2)13-11(17)19-12/h8H,3-7H2,1-2H3. The summed E-state index contributed by atoms with van der Waals surface area (Å²) in [7, 11) is 0. The molecule has 0 bridgehead atoms. The van der Waals surface area contributed by atoms with Crippen molar-refractivity contribution in [2.24, 2.45) is 0 Å². The van der Waals surface area contributed by atoms with E-state index in [1.165, 1.54) is 21.9 Å². The predicted molar refractivity (Wildman–Crippen MR) is 76.2 cm³/mol. The molecule has 1 aliphatic rings. The fourth-order valence-corrected chi connectivity index (χ4v) is 3.30. The first-order valence-corrected chi connectivity index (χ1v) is 7.34. The Hall–Kier alpha value is -1.47. The number of fused-ring (bicyclic) bond motifs is 1. The van der Waals surface area contributed by atoms with Crippen LogP contribution in [0.3, 0.4) is 0 Å². The zero-order valence-electron chi connectivity index (χ0n) is 11.2. The van der Waals surface area contributed by atoms with Gasteiger partial charge in [0, 0.05) is 37.9 Å². The van der Waals surface area contributed by atoms with Crippen LogP contribution in [0.25, 0.3) is 4.96 Å². The van der Waals surface area contributed by atoms with Gasteiger partial charge in [-0.15, -0.1) is 5.10 Å². The van der Waals surface area contributed by atoms with Crippen LogP contribution in [0.2, 0.25) is 0 Å². The second-order valence-corrected chi connectivity index (χ2v) is 5.67. The van der Waals surface area contributed by atoms with Crippen molar-refractivity contribution in [1.29, 1.82) is 0 Å². The maximum atomic E-state index is 11.8. The van der Waals surface area contributed by atoms with Gasteiger partial charge in [-0.3, -0.25) is 4.79 Å².